The molecule has 6 nitrogen and oxygen atoms in total. The Morgan fingerprint density at radius 2 is 1.72 bits per heavy atom. The topological polar surface area (TPSA) is 82.3 Å². The van der Waals surface area contributed by atoms with Crippen molar-refractivity contribution in [2.24, 2.45) is 11.3 Å². The zero-order valence-electron chi connectivity index (χ0n) is 14.4. The van der Waals surface area contributed by atoms with Crippen molar-refractivity contribution in [1.82, 2.24) is 10.6 Å². The fourth-order valence-corrected chi connectivity index (χ4v) is 4.16. The summed E-state index contributed by atoms with van der Waals surface area (Å²) in [6.45, 7) is 1.73. The standard InChI is InChI=1S/C19H26N4O2/c24-17(19-10-2-1-3-13(19)11-20-12-19)21-14-4-6-15(7-5-14)22-18(25)23-16-8-9-16/h4-7,13,16,20H,1-3,8-12H2,(H,21,24)(H2,22,23,25)/t13-,19+/m0/s1. The number of hydrogen-bond acceptors (Lipinski definition) is 3. The van der Waals surface area contributed by atoms with Gasteiger partial charge in [0, 0.05) is 24.0 Å². The van der Waals surface area contributed by atoms with Gasteiger partial charge in [0.2, 0.25) is 5.91 Å². The molecule has 2 aliphatic carbocycles. The lowest BCUT2D eigenvalue weighted by molar-refractivity contribution is -0.128. The molecule has 4 N–H and O–H groups in total. The van der Waals surface area contributed by atoms with E-state index >= 15 is 0 Å². The van der Waals surface area contributed by atoms with Crippen LogP contribution in [0.25, 0.3) is 0 Å². The molecule has 2 saturated carbocycles. The summed E-state index contributed by atoms with van der Waals surface area (Å²) < 4.78 is 0. The first-order chi connectivity index (χ1) is 12.2. The van der Waals surface area contributed by atoms with Crippen LogP contribution in [0.4, 0.5) is 16.2 Å². The normalized spacial score (nSPS) is 28.1. The summed E-state index contributed by atoms with van der Waals surface area (Å²) in [5.41, 5.74) is 1.26. The lowest BCUT2D eigenvalue weighted by Gasteiger charge is -2.37. The molecule has 134 valence electrons. The number of hydrogen-bond donors (Lipinski definition) is 4. The highest BCUT2D eigenvalue weighted by Gasteiger charge is 2.49. The second kappa shape index (κ2) is 6.67. The number of benzene rings is 1. The molecule has 3 amide bonds. The molecule has 3 aliphatic rings. The molecule has 1 saturated heterocycles. The van der Waals surface area contributed by atoms with Gasteiger partial charge in [-0.2, -0.15) is 0 Å². The van der Waals surface area contributed by atoms with Crippen molar-refractivity contribution in [3.8, 4) is 0 Å². The van der Waals surface area contributed by atoms with Crippen LogP contribution in [0.1, 0.15) is 38.5 Å². The van der Waals surface area contributed by atoms with Crippen LogP contribution in [0.15, 0.2) is 24.3 Å². The summed E-state index contributed by atoms with van der Waals surface area (Å²) in [5.74, 6) is 0.586. The van der Waals surface area contributed by atoms with Crippen LogP contribution in [0.3, 0.4) is 0 Å². The van der Waals surface area contributed by atoms with Crippen molar-refractivity contribution in [3.63, 3.8) is 0 Å². The average molecular weight is 342 g/mol. The van der Waals surface area contributed by atoms with Crippen LogP contribution in [-0.2, 0) is 4.79 Å². The van der Waals surface area contributed by atoms with E-state index in [-0.39, 0.29) is 17.4 Å². The molecule has 1 heterocycles. The second-order valence-electron chi connectivity index (χ2n) is 7.63. The van der Waals surface area contributed by atoms with Gasteiger partial charge in [-0.1, -0.05) is 12.8 Å². The fourth-order valence-electron chi connectivity index (χ4n) is 4.16. The molecule has 0 bridgehead atoms. The predicted octanol–water partition coefficient (Wildman–Crippen LogP) is 2.69. The van der Waals surface area contributed by atoms with Gasteiger partial charge in [0.05, 0.1) is 5.41 Å². The first kappa shape index (κ1) is 16.4. The van der Waals surface area contributed by atoms with Crippen molar-refractivity contribution < 1.29 is 9.59 Å². The van der Waals surface area contributed by atoms with E-state index in [9.17, 15) is 9.59 Å². The van der Waals surface area contributed by atoms with Gasteiger partial charge in [-0.05, 0) is 62.4 Å². The maximum absolute atomic E-state index is 12.9. The first-order valence-electron chi connectivity index (χ1n) is 9.35. The number of nitrogens with one attached hydrogen (secondary N) is 4. The maximum Gasteiger partial charge on any atom is 0.319 e. The number of anilines is 2. The van der Waals surface area contributed by atoms with Gasteiger partial charge in [-0.25, -0.2) is 4.79 Å². The van der Waals surface area contributed by atoms with E-state index in [0.29, 0.717) is 12.0 Å². The van der Waals surface area contributed by atoms with Crippen LogP contribution in [-0.4, -0.2) is 31.1 Å². The van der Waals surface area contributed by atoms with Crippen molar-refractivity contribution in [3.05, 3.63) is 24.3 Å². The molecular formula is C19H26N4O2. The lowest BCUT2D eigenvalue weighted by atomic mass is 9.67. The van der Waals surface area contributed by atoms with E-state index in [1.165, 1.54) is 6.42 Å². The summed E-state index contributed by atoms with van der Waals surface area (Å²) >= 11 is 0. The van der Waals surface area contributed by atoms with Gasteiger partial charge in [0.1, 0.15) is 0 Å². The molecule has 6 heteroatoms. The highest BCUT2D eigenvalue weighted by Crippen LogP contribution is 2.44. The zero-order chi connectivity index (χ0) is 17.3. The number of amides is 3. The van der Waals surface area contributed by atoms with E-state index in [4.69, 9.17) is 0 Å². The largest absolute Gasteiger partial charge is 0.335 e. The Bertz CT molecular complexity index is 656. The van der Waals surface area contributed by atoms with E-state index in [2.05, 4.69) is 21.3 Å². The third-order valence-corrected chi connectivity index (χ3v) is 5.80. The number of carbonyl (C=O) groups is 2. The van der Waals surface area contributed by atoms with Crippen LogP contribution in [0.5, 0.6) is 0 Å². The molecule has 2 atom stereocenters. The molecule has 0 aromatic heterocycles. The zero-order valence-corrected chi connectivity index (χ0v) is 14.4. The molecule has 3 fully saturated rings. The van der Waals surface area contributed by atoms with Crippen molar-refractivity contribution >= 4 is 23.3 Å². The number of rotatable bonds is 4. The maximum atomic E-state index is 12.9. The van der Waals surface area contributed by atoms with Crippen LogP contribution >= 0.6 is 0 Å². The van der Waals surface area contributed by atoms with Gasteiger partial charge in [0.15, 0.2) is 0 Å². The minimum atomic E-state index is -0.251. The third-order valence-electron chi connectivity index (χ3n) is 5.80. The molecule has 1 aliphatic heterocycles. The highest BCUT2D eigenvalue weighted by atomic mass is 16.2. The van der Waals surface area contributed by atoms with Crippen molar-refractivity contribution in [1.29, 1.82) is 0 Å². The Morgan fingerprint density at radius 3 is 2.44 bits per heavy atom. The van der Waals surface area contributed by atoms with Gasteiger partial charge >= 0.3 is 6.03 Å². The van der Waals surface area contributed by atoms with Gasteiger partial charge in [-0.15, -0.1) is 0 Å². The molecule has 1 aromatic carbocycles. The summed E-state index contributed by atoms with van der Waals surface area (Å²) in [4.78, 5) is 24.7. The Hall–Kier alpha value is -2.08. The Balaban J connectivity index is 1.37. The molecule has 4 rings (SSSR count). The lowest BCUT2D eigenvalue weighted by Crippen LogP contribution is -2.44. The second-order valence-corrected chi connectivity index (χ2v) is 7.63. The third kappa shape index (κ3) is 3.49. The average Bonchev–Trinajstić information content (AvgIpc) is 3.30. The van der Waals surface area contributed by atoms with Gasteiger partial charge in [-0.3, -0.25) is 4.79 Å². The van der Waals surface area contributed by atoms with Crippen LogP contribution < -0.4 is 21.3 Å². The Kier molecular flexibility index (Phi) is 4.37. The quantitative estimate of drug-likeness (QED) is 0.679. The predicted molar refractivity (Wildman–Crippen MR) is 97.5 cm³/mol. The minimum absolute atomic E-state index is 0.134. The first-order valence-corrected chi connectivity index (χ1v) is 9.35. The van der Waals surface area contributed by atoms with Gasteiger partial charge < -0.3 is 21.3 Å². The van der Waals surface area contributed by atoms with Gasteiger partial charge in [0.25, 0.3) is 0 Å². The van der Waals surface area contributed by atoms with E-state index in [0.717, 1.165) is 56.6 Å². The van der Waals surface area contributed by atoms with Crippen molar-refractivity contribution in [2.75, 3.05) is 23.7 Å². The molecular weight excluding hydrogens is 316 g/mol. The minimum Gasteiger partial charge on any atom is -0.335 e. The molecule has 0 radical (unpaired) electrons. The van der Waals surface area contributed by atoms with E-state index in [1.807, 2.05) is 24.3 Å². The van der Waals surface area contributed by atoms with E-state index in [1.54, 1.807) is 0 Å². The molecule has 0 spiro atoms. The summed E-state index contributed by atoms with van der Waals surface area (Å²) in [6.07, 6.45) is 6.60. The fraction of sp³-hybridized carbons (Fsp3) is 0.579. The molecule has 25 heavy (non-hydrogen) atoms. The van der Waals surface area contributed by atoms with Crippen LogP contribution in [0, 0.1) is 11.3 Å². The van der Waals surface area contributed by atoms with Crippen molar-refractivity contribution in [2.45, 2.75) is 44.6 Å². The Morgan fingerprint density at radius 1 is 1.00 bits per heavy atom. The summed E-state index contributed by atoms with van der Waals surface area (Å²) in [6, 6.07) is 7.51. The number of carbonyl (C=O) groups excluding carboxylic acids is 2. The number of urea groups is 1. The summed E-state index contributed by atoms with van der Waals surface area (Å²) in [7, 11) is 0. The molecule has 1 aromatic rings. The monoisotopic (exact) mass is 342 g/mol. The smallest absolute Gasteiger partial charge is 0.319 e. The SMILES string of the molecule is O=C(Nc1ccc(NC(=O)[C@@]23CCCC[C@H]2CNC3)cc1)NC1CC1. The number of fused-ring (bicyclic) bond motifs is 1. The summed E-state index contributed by atoms with van der Waals surface area (Å²) in [5, 5.41) is 12.2. The van der Waals surface area contributed by atoms with E-state index < -0.39 is 0 Å². The Labute approximate surface area is 148 Å². The van der Waals surface area contributed by atoms with Crippen LogP contribution in [0.2, 0.25) is 0 Å². The highest BCUT2D eigenvalue weighted by molar-refractivity contribution is 5.96. The molecule has 0 unspecified atom stereocenters.